The molecule has 0 spiro atoms. The number of anilines is 1. The van der Waals surface area contributed by atoms with Gasteiger partial charge in [0.25, 0.3) is 0 Å². The highest BCUT2D eigenvalue weighted by molar-refractivity contribution is 6.18. The molecule has 0 bridgehead atoms. The maximum atomic E-state index is 13.2. The summed E-state index contributed by atoms with van der Waals surface area (Å²) >= 11 is 11.7. The molecule has 6 nitrogen and oxygen atoms in total. The summed E-state index contributed by atoms with van der Waals surface area (Å²) in [7, 11) is 0. The molecular weight excluding hydrogens is 480 g/mol. The number of nitrogens with one attached hydrogen (secondary N) is 1. The van der Waals surface area contributed by atoms with E-state index < -0.39 is 24.0 Å². The largest absolute Gasteiger partial charge is 0.464 e. The first-order valence-electron chi connectivity index (χ1n) is 11.3. The number of halogens is 3. The Hall–Kier alpha value is -2.35. The molecule has 186 valence electrons. The zero-order chi connectivity index (χ0) is 24.9. The summed E-state index contributed by atoms with van der Waals surface area (Å²) in [5.74, 6) is -0.345. The predicted octanol–water partition coefficient (Wildman–Crippen LogP) is 3.66. The molecule has 0 radical (unpaired) electrons. The van der Waals surface area contributed by atoms with Gasteiger partial charge in [0.15, 0.2) is 0 Å². The van der Waals surface area contributed by atoms with E-state index in [4.69, 9.17) is 33.7 Å². The number of ether oxygens (including phenoxy) is 1. The SMILES string of the molecule is CCOC(=O)[C@H](Cc1ccc(F)cc1)NC(=O)[C@@H](N)CCc1ccc(N(CCCl)CCCl)cc1. The first-order chi connectivity index (χ1) is 16.4. The average Bonchev–Trinajstić information content (AvgIpc) is 2.83. The Morgan fingerprint density at radius 2 is 1.62 bits per heavy atom. The lowest BCUT2D eigenvalue weighted by Gasteiger charge is -2.23. The van der Waals surface area contributed by atoms with Crippen molar-refractivity contribution in [2.45, 2.75) is 38.3 Å². The number of esters is 1. The summed E-state index contributed by atoms with van der Waals surface area (Å²) in [6.07, 6.45) is 1.19. The van der Waals surface area contributed by atoms with Crippen LogP contribution < -0.4 is 16.0 Å². The lowest BCUT2D eigenvalue weighted by Crippen LogP contribution is -2.50. The molecule has 2 atom stereocenters. The van der Waals surface area contributed by atoms with Crippen molar-refractivity contribution >= 4 is 40.8 Å². The van der Waals surface area contributed by atoms with Crippen LogP contribution in [0, 0.1) is 5.82 Å². The van der Waals surface area contributed by atoms with Gasteiger partial charge in [0, 0.05) is 37.0 Å². The van der Waals surface area contributed by atoms with E-state index in [-0.39, 0.29) is 18.8 Å². The molecule has 1 amide bonds. The molecule has 0 aliphatic rings. The summed E-state index contributed by atoms with van der Waals surface area (Å²) < 4.78 is 18.3. The van der Waals surface area contributed by atoms with Gasteiger partial charge in [-0.2, -0.15) is 0 Å². The monoisotopic (exact) mass is 511 g/mol. The number of hydrogen-bond donors (Lipinski definition) is 2. The van der Waals surface area contributed by atoms with Crippen molar-refractivity contribution in [2.75, 3.05) is 36.4 Å². The molecule has 2 rings (SSSR count). The maximum absolute atomic E-state index is 13.2. The minimum Gasteiger partial charge on any atom is -0.464 e. The number of carbonyl (C=O) groups excluding carboxylic acids is 2. The summed E-state index contributed by atoms with van der Waals surface area (Å²) in [6.45, 7) is 3.29. The van der Waals surface area contributed by atoms with Crippen LogP contribution in [0.5, 0.6) is 0 Å². The quantitative estimate of drug-likeness (QED) is 0.298. The molecule has 2 aromatic rings. The van der Waals surface area contributed by atoms with E-state index in [2.05, 4.69) is 10.2 Å². The summed E-state index contributed by atoms with van der Waals surface area (Å²) in [5.41, 5.74) is 8.88. The first kappa shape index (κ1) is 27.9. The molecular formula is C25H32Cl2FN3O3. The number of carbonyl (C=O) groups is 2. The van der Waals surface area contributed by atoms with Crippen LogP contribution in [0.25, 0.3) is 0 Å². The topological polar surface area (TPSA) is 84.7 Å². The van der Waals surface area contributed by atoms with E-state index in [1.54, 1.807) is 19.1 Å². The van der Waals surface area contributed by atoms with Gasteiger partial charge in [-0.1, -0.05) is 24.3 Å². The number of alkyl halides is 2. The van der Waals surface area contributed by atoms with Crippen molar-refractivity contribution in [1.29, 1.82) is 0 Å². The number of aryl methyl sites for hydroxylation is 1. The van der Waals surface area contributed by atoms with E-state index >= 15 is 0 Å². The van der Waals surface area contributed by atoms with Gasteiger partial charge in [-0.05, 0) is 55.2 Å². The number of rotatable bonds is 14. The fraction of sp³-hybridized carbons (Fsp3) is 0.440. The Morgan fingerprint density at radius 3 is 2.18 bits per heavy atom. The van der Waals surface area contributed by atoms with Gasteiger partial charge in [0.2, 0.25) is 5.91 Å². The molecule has 0 saturated heterocycles. The van der Waals surface area contributed by atoms with Crippen molar-refractivity contribution < 1.29 is 18.7 Å². The molecule has 0 aromatic heterocycles. The third-order valence-electron chi connectivity index (χ3n) is 5.33. The van der Waals surface area contributed by atoms with Gasteiger partial charge in [0.1, 0.15) is 11.9 Å². The van der Waals surface area contributed by atoms with Gasteiger partial charge in [-0.3, -0.25) is 4.79 Å². The van der Waals surface area contributed by atoms with E-state index in [1.165, 1.54) is 12.1 Å². The highest BCUT2D eigenvalue weighted by Gasteiger charge is 2.25. The standard InChI is InChI=1S/C25H32Cl2FN3O3/c1-2-34-25(33)23(17-19-3-8-20(28)9-4-19)30-24(32)22(29)12-7-18-5-10-21(11-6-18)31(15-13-26)16-14-27/h3-6,8-11,22-23H,2,7,12-17,29H2,1H3,(H,30,32)/t22-,23-/m0/s1. The van der Waals surface area contributed by atoms with Crippen LogP contribution in [-0.2, 0) is 27.2 Å². The first-order valence-corrected chi connectivity index (χ1v) is 12.4. The number of nitrogens with zero attached hydrogens (tertiary/aromatic N) is 1. The van der Waals surface area contributed by atoms with E-state index in [1.807, 2.05) is 24.3 Å². The van der Waals surface area contributed by atoms with Crippen molar-refractivity contribution in [3.8, 4) is 0 Å². The van der Waals surface area contributed by atoms with Crippen molar-refractivity contribution in [2.24, 2.45) is 5.73 Å². The molecule has 0 aliphatic carbocycles. The second kappa shape index (κ2) is 14.8. The van der Waals surface area contributed by atoms with Crippen LogP contribution in [0.4, 0.5) is 10.1 Å². The van der Waals surface area contributed by atoms with Crippen LogP contribution in [0.15, 0.2) is 48.5 Å². The normalized spacial score (nSPS) is 12.6. The highest BCUT2D eigenvalue weighted by atomic mass is 35.5. The zero-order valence-corrected chi connectivity index (χ0v) is 20.8. The lowest BCUT2D eigenvalue weighted by atomic mass is 10.0. The Bertz CT molecular complexity index is 891. The molecule has 0 aliphatic heterocycles. The fourth-order valence-corrected chi connectivity index (χ4v) is 3.88. The Morgan fingerprint density at radius 1 is 1.03 bits per heavy atom. The third-order valence-corrected chi connectivity index (χ3v) is 5.67. The predicted molar refractivity (Wildman–Crippen MR) is 135 cm³/mol. The maximum Gasteiger partial charge on any atom is 0.328 e. The Balaban J connectivity index is 1.94. The second-order valence-electron chi connectivity index (χ2n) is 7.82. The number of amides is 1. The molecule has 0 saturated carbocycles. The minimum atomic E-state index is -0.905. The zero-order valence-electron chi connectivity index (χ0n) is 19.3. The van der Waals surface area contributed by atoms with Gasteiger partial charge < -0.3 is 20.7 Å². The fourth-order valence-electron chi connectivity index (χ4n) is 3.47. The molecule has 0 heterocycles. The Labute approximate surface area is 210 Å². The average molecular weight is 512 g/mol. The van der Waals surface area contributed by atoms with Crippen LogP contribution >= 0.6 is 23.2 Å². The lowest BCUT2D eigenvalue weighted by molar-refractivity contribution is -0.147. The molecule has 2 aromatic carbocycles. The van der Waals surface area contributed by atoms with Crippen molar-refractivity contribution in [3.05, 3.63) is 65.5 Å². The van der Waals surface area contributed by atoms with E-state index in [0.29, 0.717) is 43.3 Å². The molecule has 0 unspecified atom stereocenters. The van der Waals surface area contributed by atoms with E-state index in [0.717, 1.165) is 11.3 Å². The van der Waals surface area contributed by atoms with Crippen molar-refractivity contribution in [1.82, 2.24) is 5.32 Å². The summed E-state index contributed by atoms with van der Waals surface area (Å²) in [4.78, 5) is 27.1. The number of nitrogens with two attached hydrogens (primary N) is 1. The van der Waals surface area contributed by atoms with Crippen LogP contribution in [0.2, 0.25) is 0 Å². The van der Waals surface area contributed by atoms with Gasteiger partial charge in [-0.25, -0.2) is 9.18 Å². The number of hydrogen-bond acceptors (Lipinski definition) is 5. The Kier molecular flexibility index (Phi) is 12.2. The second-order valence-corrected chi connectivity index (χ2v) is 8.58. The molecule has 34 heavy (non-hydrogen) atoms. The molecule has 0 fully saturated rings. The number of benzene rings is 2. The van der Waals surface area contributed by atoms with Crippen LogP contribution in [0.3, 0.4) is 0 Å². The highest BCUT2D eigenvalue weighted by Crippen LogP contribution is 2.17. The van der Waals surface area contributed by atoms with Gasteiger partial charge in [0.05, 0.1) is 12.6 Å². The molecule has 9 heteroatoms. The molecule has 3 N–H and O–H groups in total. The van der Waals surface area contributed by atoms with Crippen molar-refractivity contribution in [3.63, 3.8) is 0 Å². The minimum absolute atomic E-state index is 0.181. The summed E-state index contributed by atoms with van der Waals surface area (Å²) in [6, 6.07) is 12.0. The van der Waals surface area contributed by atoms with E-state index in [9.17, 15) is 14.0 Å². The van der Waals surface area contributed by atoms with Crippen LogP contribution in [-0.4, -0.2) is 55.4 Å². The summed E-state index contributed by atoms with van der Waals surface area (Å²) in [5, 5.41) is 2.69. The van der Waals surface area contributed by atoms with Gasteiger partial charge in [-0.15, -0.1) is 23.2 Å². The third kappa shape index (κ3) is 9.12. The van der Waals surface area contributed by atoms with Gasteiger partial charge >= 0.3 is 5.97 Å². The van der Waals surface area contributed by atoms with Crippen LogP contribution in [0.1, 0.15) is 24.5 Å². The smallest absolute Gasteiger partial charge is 0.328 e.